The fourth-order valence-electron chi connectivity index (χ4n) is 2.54. The molecular formula is C19H22O6S2. The molecular weight excluding hydrogens is 388 g/mol. The normalized spacial score (nSPS) is 16.9. The van der Waals surface area contributed by atoms with Crippen molar-refractivity contribution in [3.05, 3.63) is 48.5 Å². The van der Waals surface area contributed by atoms with Crippen molar-refractivity contribution in [2.24, 2.45) is 0 Å². The number of sulfone groups is 2. The first-order valence-electron chi connectivity index (χ1n) is 8.66. The maximum Gasteiger partial charge on any atom is 0.181 e. The van der Waals surface area contributed by atoms with Gasteiger partial charge in [0.05, 0.1) is 27.4 Å². The zero-order valence-corrected chi connectivity index (χ0v) is 16.5. The quantitative estimate of drug-likeness (QED) is 0.814. The minimum Gasteiger partial charge on any atom is -0.508 e. The Labute approximate surface area is 159 Å². The molecule has 4 rings (SSSR count). The predicted molar refractivity (Wildman–Crippen MR) is 102 cm³/mol. The summed E-state index contributed by atoms with van der Waals surface area (Å²) < 4.78 is 51.7. The van der Waals surface area contributed by atoms with Crippen molar-refractivity contribution in [1.29, 1.82) is 0 Å². The maximum atomic E-state index is 11.8. The molecule has 0 aliphatic heterocycles. The van der Waals surface area contributed by atoms with Crippen LogP contribution in [0.25, 0.3) is 0 Å². The number of rotatable bonds is 5. The van der Waals surface area contributed by atoms with Gasteiger partial charge in [-0.1, -0.05) is 0 Å². The highest BCUT2D eigenvalue weighted by Gasteiger charge is 2.37. The van der Waals surface area contributed by atoms with Gasteiger partial charge in [0.15, 0.2) is 19.7 Å². The van der Waals surface area contributed by atoms with Crippen LogP contribution in [0, 0.1) is 0 Å². The first-order valence-corrected chi connectivity index (χ1v) is 11.8. The van der Waals surface area contributed by atoms with E-state index >= 15 is 0 Å². The van der Waals surface area contributed by atoms with E-state index in [-0.39, 0.29) is 16.2 Å². The monoisotopic (exact) mass is 410 g/mol. The molecule has 2 aliphatic rings. The van der Waals surface area contributed by atoms with Crippen LogP contribution < -0.4 is 4.74 Å². The molecule has 0 spiro atoms. The fourth-order valence-corrected chi connectivity index (χ4v) is 5.86. The van der Waals surface area contributed by atoms with Crippen molar-refractivity contribution in [2.45, 2.75) is 46.0 Å². The van der Waals surface area contributed by atoms with Gasteiger partial charge in [-0.25, -0.2) is 16.8 Å². The smallest absolute Gasteiger partial charge is 0.181 e. The summed E-state index contributed by atoms with van der Waals surface area (Å²) >= 11 is 0. The number of hydrogen-bond donors (Lipinski definition) is 1. The van der Waals surface area contributed by atoms with E-state index in [1.165, 1.54) is 24.3 Å². The van der Waals surface area contributed by atoms with Gasteiger partial charge in [0, 0.05) is 0 Å². The Bertz CT molecular complexity index is 985. The van der Waals surface area contributed by atoms with Crippen LogP contribution in [0.2, 0.25) is 0 Å². The summed E-state index contributed by atoms with van der Waals surface area (Å²) in [5.74, 6) is 0.773. The molecule has 0 saturated heterocycles. The minimum atomic E-state index is -3.09. The highest BCUT2D eigenvalue weighted by molar-refractivity contribution is 7.92. The third-order valence-electron chi connectivity index (χ3n) is 4.48. The van der Waals surface area contributed by atoms with E-state index in [0.717, 1.165) is 25.7 Å². The summed E-state index contributed by atoms with van der Waals surface area (Å²) in [6, 6.07) is 12.2. The Balaban J connectivity index is 0.000000156. The van der Waals surface area contributed by atoms with E-state index < -0.39 is 19.7 Å². The molecule has 27 heavy (non-hydrogen) atoms. The van der Waals surface area contributed by atoms with Crippen LogP contribution in [0.1, 0.15) is 25.7 Å². The highest BCUT2D eigenvalue weighted by Crippen LogP contribution is 2.34. The lowest BCUT2D eigenvalue weighted by atomic mass is 10.3. The summed E-state index contributed by atoms with van der Waals surface area (Å²) in [5.41, 5.74) is 0. The molecule has 0 bridgehead atoms. The Kier molecular flexibility index (Phi) is 5.48. The topological polar surface area (TPSA) is 97.7 Å². The van der Waals surface area contributed by atoms with Gasteiger partial charge >= 0.3 is 0 Å². The lowest BCUT2D eigenvalue weighted by Crippen LogP contribution is -2.06. The van der Waals surface area contributed by atoms with E-state index in [0.29, 0.717) is 15.5 Å². The zero-order valence-electron chi connectivity index (χ0n) is 14.9. The first kappa shape index (κ1) is 19.7. The molecule has 0 heterocycles. The number of hydrogen-bond acceptors (Lipinski definition) is 6. The number of phenols is 1. The van der Waals surface area contributed by atoms with Gasteiger partial charge in [-0.2, -0.15) is 0 Å². The molecule has 8 heteroatoms. The number of ether oxygens (including phenoxy) is 1. The van der Waals surface area contributed by atoms with Crippen LogP contribution in [0.4, 0.5) is 0 Å². The average molecular weight is 411 g/mol. The van der Waals surface area contributed by atoms with E-state index in [1.807, 2.05) is 0 Å². The molecule has 2 aliphatic carbocycles. The molecule has 0 aromatic heterocycles. The number of aromatic hydroxyl groups is 1. The lowest BCUT2D eigenvalue weighted by Gasteiger charge is -2.03. The summed E-state index contributed by atoms with van der Waals surface area (Å²) in [6.45, 7) is 0. The molecule has 2 aromatic carbocycles. The van der Waals surface area contributed by atoms with Crippen molar-refractivity contribution in [3.63, 3.8) is 0 Å². The van der Waals surface area contributed by atoms with Crippen molar-refractivity contribution in [2.75, 3.05) is 7.11 Å². The van der Waals surface area contributed by atoms with Gasteiger partial charge in [-0.3, -0.25) is 0 Å². The molecule has 0 unspecified atom stereocenters. The second kappa shape index (κ2) is 7.52. The standard InChI is InChI=1S/C10H12O3S.C9H10O3S/c1-13-8-2-4-9(5-3-8)14(11,12)10-6-7-10;10-7-1-3-8(4-2-7)13(11,12)9-5-6-9/h2-5,10H,6-7H2,1H3;1-4,9-10H,5-6H2. The van der Waals surface area contributed by atoms with Crippen molar-refractivity contribution in [3.8, 4) is 11.5 Å². The molecule has 1 N–H and O–H groups in total. The number of phenolic OH excluding ortho intramolecular Hbond substituents is 1. The van der Waals surface area contributed by atoms with E-state index in [1.54, 1.807) is 31.4 Å². The lowest BCUT2D eigenvalue weighted by molar-refractivity contribution is 0.414. The molecule has 2 fully saturated rings. The Morgan fingerprint density at radius 3 is 1.44 bits per heavy atom. The van der Waals surface area contributed by atoms with Gasteiger partial charge in [-0.15, -0.1) is 0 Å². The summed E-state index contributed by atoms with van der Waals surface area (Å²) in [6.07, 6.45) is 3.13. The van der Waals surface area contributed by atoms with Gasteiger partial charge in [0.25, 0.3) is 0 Å². The van der Waals surface area contributed by atoms with E-state index in [2.05, 4.69) is 0 Å². The molecule has 0 radical (unpaired) electrons. The first-order chi connectivity index (χ1) is 12.7. The van der Waals surface area contributed by atoms with Crippen molar-refractivity contribution < 1.29 is 26.7 Å². The maximum absolute atomic E-state index is 11.8. The number of benzene rings is 2. The molecule has 146 valence electrons. The molecule has 2 saturated carbocycles. The fraction of sp³-hybridized carbons (Fsp3) is 0.368. The molecule has 2 aromatic rings. The third-order valence-corrected chi connectivity index (χ3v) is 9.04. The van der Waals surface area contributed by atoms with E-state index in [9.17, 15) is 16.8 Å². The van der Waals surface area contributed by atoms with Gasteiger partial charge in [0.2, 0.25) is 0 Å². The van der Waals surface area contributed by atoms with Crippen LogP contribution in [-0.4, -0.2) is 39.6 Å². The Morgan fingerprint density at radius 2 is 1.11 bits per heavy atom. The van der Waals surface area contributed by atoms with Crippen LogP contribution in [-0.2, 0) is 19.7 Å². The van der Waals surface area contributed by atoms with Crippen LogP contribution in [0.5, 0.6) is 11.5 Å². The Hall–Kier alpha value is -2.06. The summed E-state index contributed by atoms with van der Waals surface area (Å²) in [7, 11) is -4.58. The molecule has 6 nitrogen and oxygen atoms in total. The van der Waals surface area contributed by atoms with Gasteiger partial charge in [-0.05, 0) is 74.2 Å². The highest BCUT2D eigenvalue weighted by atomic mass is 32.2. The SMILES string of the molecule is COc1ccc(S(=O)(=O)C2CC2)cc1.O=S(=O)(c1ccc(O)cc1)C1CC1. The average Bonchev–Trinajstić information content (AvgIpc) is 3.53. The van der Waals surface area contributed by atoms with Crippen molar-refractivity contribution in [1.82, 2.24) is 0 Å². The molecule has 0 amide bonds. The van der Waals surface area contributed by atoms with Crippen LogP contribution in [0.15, 0.2) is 58.3 Å². The second-order valence-electron chi connectivity index (χ2n) is 6.66. The summed E-state index contributed by atoms with van der Waals surface area (Å²) in [4.78, 5) is 0.716. The van der Waals surface area contributed by atoms with Gasteiger partial charge in [0.1, 0.15) is 11.5 Å². The van der Waals surface area contributed by atoms with Crippen molar-refractivity contribution >= 4 is 19.7 Å². The van der Waals surface area contributed by atoms with Crippen LogP contribution >= 0.6 is 0 Å². The second-order valence-corrected chi connectivity index (χ2v) is 11.1. The largest absolute Gasteiger partial charge is 0.508 e. The Morgan fingerprint density at radius 1 is 0.741 bits per heavy atom. The minimum absolute atomic E-state index is 0.0924. The third kappa shape index (κ3) is 4.62. The van der Waals surface area contributed by atoms with Gasteiger partial charge < -0.3 is 9.84 Å². The molecule has 0 atom stereocenters. The van der Waals surface area contributed by atoms with Crippen LogP contribution in [0.3, 0.4) is 0 Å². The predicted octanol–water partition coefficient (Wildman–Crippen LogP) is 2.96. The van der Waals surface area contributed by atoms with E-state index in [4.69, 9.17) is 9.84 Å². The zero-order chi connectivity index (χ0) is 19.7. The number of methoxy groups -OCH3 is 1. The summed E-state index contributed by atoms with van der Waals surface area (Å²) in [5, 5.41) is 8.66.